The van der Waals surface area contributed by atoms with Gasteiger partial charge in [-0.3, -0.25) is 4.79 Å². The van der Waals surface area contributed by atoms with Gasteiger partial charge < -0.3 is 5.32 Å². The summed E-state index contributed by atoms with van der Waals surface area (Å²) >= 11 is 0. The van der Waals surface area contributed by atoms with Crippen LogP contribution in [-0.2, 0) is 10.0 Å². The van der Waals surface area contributed by atoms with E-state index in [4.69, 9.17) is 0 Å². The fraction of sp³-hybridized carbons (Fsp3) is 0.524. The van der Waals surface area contributed by atoms with Gasteiger partial charge in [0.2, 0.25) is 10.0 Å². The molecule has 1 heterocycles. The van der Waals surface area contributed by atoms with Gasteiger partial charge in [-0.1, -0.05) is 39.2 Å². The first-order chi connectivity index (χ1) is 13.9. The molecule has 29 heavy (non-hydrogen) atoms. The highest BCUT2D eigenvalue weighted by Gasteiger charge is 2.25. The van der Waals surface area contributed by atoms with Crippen molar-refractivity contribution >= 4 is 21.7 Å². The predicted octanol–water partition coefficient (Wildman–Crippen LogP) is 3.98. The Morgan fingerprint density at radius 3 is 2.52 bits per heavy atom. The van der Waals surface area contributed by atoms with Crippen LogP contribution in [0.5, 0.6) is 0 Å². The Morgan fingerprint density at radius 1 is 1.17 bits per heavy atom. The number of rotatable bonds is 7. The Hall–Kier alpha value is -2.19. The Kier molecular flexibility index (Phi) is 6.74. The third-order valence-electron chi connectivity index (χ3n) is 5.61. The lowest BCUT2D eigenvalue weighted by Crippen LogP contribution is -2.31. The molecule has 2 aromatic rings. The largest absolute Gasteiger partial charge is 0.307 e. The van der Waals surface area contributed by atoms with Crippen molar-refractivity contribution in [3.63, 3.8) is 0 Å². The van der Waals surface area contributed by atoms with Gasteiger partial charge in [-0.05, 0) is 37.5 Å². The van der Waals surface area contributed by atoms with Crippen LogP contribution in [0.3, 0.4) is 0 Å². The molecule has 3 rings (SSSR count). The first-order valence-electron chi connectivity index (χ1n) is 10.3. The molecule has 1 aromatic carbocycles. The Labute approximate surface area is 173 Å². The first kappa shape index (κ1) is 21.5. The van der Waals surface area contributed by atoms with E-state index in [0.29, 0.717) is 36.1 Å². The molecule has 0 saturated heterocycles. The molecule has 1 fully saturated rings. The van der Waals surface area contributed by atoms with Crippen LogP contribution in [0.4, 0.5) is 5.82 Å². The van der Waals surface area contributed by atoms with E-state index in [9.17, 15) is 13.2 Å². The molecule has 1 N–H and O–H groups in total. The minimum absolute atomic E-state index is 0.176. The van der Waals surface area contributed by atoms with Crippen LogP contribution in [0.25, 0.3) is 0 Å². The Balaban J connectivity index is 1.85. The second-order valence-electron chi connectivity index (χ2n) is 7.48. The Morgan fingerprint density at radius 2 is 1.86 bits per heavy atom. The average molecular weight is 419 g/mol. The van der Waals surface area contributed by atoms with Gasteiger partial charge in [0.25, 0.3) is 5.91 Å². The molecular weight excluding hydrogens is 388 g/mol. The average Bonchev–Trinajstić information content (AvgIpc) is 3.17. The number of nitrogens with zero attached hydrogens (tertiary/aromatic N) is 3. The van der Waals surface area contributed by atoms with Crippen LogP contribution in [0, 0.1) is 6.92 Å². The van der Waals surface area contributed by atoms with E-state index in [-0.39, 0.29) is 10.8 Å². The maximum absolute atomic E-state index is 12.9. The minimum atomic E-state index is -3.64. The van der Waals surface area contributed by atoms with Crippen molar-refractivity contribution in [1.29, 1.82) is 0 Å². The topological polar surface area (TPSA) is 84.3 Å². The SMILES string of the molecule is CCN(CC)S(=O)(=O)c1cc(C(=O)Nc2ccnn2C2CCCCC2)ccc1C. The number of hydrogen-bond donors (Lipinski definition) is 1. The first-order valence-corrected chi connectivity index (χ1v) is 11.8. The highest BCUT2D eigenvalue weighted by molar-refractivity contribution is 7.89. The van der Waals surface area contributed by atoms with Crippen molar-refractivity contribution in [2.24, 2.45) is 0 Å². The number of aromatic nitrogens is 2. The minimum Gasteiger partial charge on any atom is -0.307 e. The number of nitrogens with one attached hydrogen (secondary N) is 1. The number of aryl methyl sites for hydroxylation is 1. The Bertz CT molecular complexity index is 958. The van der Waals surface area contributed by atoms with Crippen LogP contribution in [0.1, 0.15) is 67.9 Å². The molecule has 1 saturated carbocycles. The maximum Gasteiger partial charge on any atom is 0.256 e. The van der Waals surface area contributed by atoms with Crippen LogP contribution in [0.2, 0.25) is 0 Å². The van der Waals surface area contributed by atoms with E-state index >= 15 is 0 Å². The van der Waals surface area contributed by atoms with E-state index in [1.54, 1.807) is 45.2 Å². The van der Waals surface area contributed by atoms with Gasteiger partial charge in [0.1, 0.15) is 5.82 Å². The van der Waals surface area contributed by atoms with Crippen molar-refractivity contribution in [2.45, 2.75) is 63.8 Å². The molecule has 0 bridgehead atoms. The number of carbonyl (C=O) groups is 1. The zero-order valence-corrected chi connectivity index (χ0v) is 18.2. The molecule has 1 aromatic heterocycles. The van der Waals surface area contributed by atoms with Gasteiger partial charge in [-0.2, -0.15) is 9.40 Å². The number of sulfonamides is 1. The van der Waals surface area contributed by atoms with Crippen LogP contribution in [0.15, 0.2) is 35.4 Å². The molecule has 158 valence electrons. The van der Waals surface area contributed by atoms with Gasteiger partial charge >= 0.3 is 0 Å². The summed E-state index contributed by atoms with van der Waals surface area (Å²) < 4.78 is 29.2. The van der Waals surface area contributed by atoms with Crippen LogP contribution >= 0.6 is 0 Å². The van der Waals surface area contributed by atoms with Crippen molar-refractivity contribution in [1.82, 2.24) is 14.1 Å². The molecule has 1 aliphatic carbocycles. The molecule has 1 aliphatic rings. The number of amides is 1. The number of benzene rings is 1. The van der Waals surface area contributed by atoms with Gasteiger partial charge in [0, 0.05) is 24.7 Å². The second kappa shape index (κ2) is 9.09. The van der Waals surface area contributed by atoms with Crippen LogP contribution < -0.4 is 5.32 Å². The fourth-order valence-electron chi connectivity index (χ4n) is 3.94. The maximum atomic E-state index is 12.9. The molecule has 0 spiro atoms. The number of carbonyl (C=O) groups excluding carboxylic acids is 1. The number of hydrogen-bond acceptors (Lipinski definition) is 4. The van der Waals surface area contributed by atoms with Crippen molar-refractivity contribution < 1.29 is 13.2 Å². The molecule has 0 radical (unpaired) electrons. The van der Waals surface area contributed by atoms with E-state index in [1.165, 1.54) is 29.6 Å². The van der Waals surface area contributed by atoms with E-state index in [0.717, 1.165) is 12.8 Å². The number of anilines is 1. The lowest BCUT2D eigenvalue weighted by molar-refractivity contribution is 0.102. The van der Waals surface area contributed by atoms with Crippen molar-refractivity contribution in [2.75, 3.05) is 18.4 Å². The standard InChI is InChI=1S/C21H30N4O3S/c1-4-24(5-2)29(27,28)19-15-17(12-11-16(19)3)21(26)23-20-13-14-22-25(20)18-9-7-6-8-10-18/h11-15,18H,4-10H2,1-3H3,(H,23,26). The molecule has 0 atom stereocenters. The zero-order chi connectivity index (χ0) is 21.0. The summed E-state index contributed by atoms with van der Waals surface area (Å²) in [4.78, 5) is 13.1. The molecule has 8 heteroatoms. The summed E-state index contributed by atoms with van der Waals surface area (Å²) in [7, 11) is -3.64. The van der Waals surface area contributed by atoms with E-state index in [2.05, 4.69) is 10.4 Å². The van der Waals surface area contributed by atoms with Gasteiger partial charge in [0.15, 0.2) is 0 Å². The van der Waals surface area contributed by atoms with Crippen LogP contribution in [-0.4, -0.2) is 41.5 Å². The summed E-state index contributed by atoms with van der Waals surface area (Å²) in [5.74, 6) is 0.314. The monoisotopic (exact) mass is 418 g/mol. The predicted molar refractivity (Wildman–Crippen MR) is 114 cm³/mol. The highest BCUT2D eigenvalue weighted by atomic mass is 32.2. The van der Waals surface area contributed by atoms with Crippen molar-refractivity contribution in [3.8, 4) is 0 Å². The molecule has 1 amide bonds. The van der Waals surface area contributed by atoms with E-state index < -0.39 is 10.0 Å². The lowest BCUT2D eigenvalue weighted by Gasteiger charge is -2.24. The summed E-state index contributed by atoms with van der Waals surface area (Å²) in [5, 5.41) is 7.31. The summed E-state index contributed by atoms with van der Waals surface area (Å²) in [6.45, 7) is 6.12. The third-order valence-corrected chi connectivity index (χ3v) is 7.80. The summed E-state index contributed by atoms with van der Waals surface area (Å²) in [5.41, 5.74) is 0.943. The van der Waals surface area contributed by atoms with E-state index in [1.807, 2.05) is 4.68 Å². The van der Waals surface area contributed by atoms with Crippen molar-refractivity contribution in [3.05, 3.63) is 41.6 Å². The normalized spacial score (nSPS) is 15.6. The highest BCUT2D eigenvalue weighted by Crippen LogP contribution is 2.30. The zero-order valence-electron chi connectivity index (χ0n) is 17.4. The lowest BCUT2D eigenvalue weighted by atomic mass is 9.96. The molecule has 7 nitrogen and oxygen atoms in total. The smallest absolute Gasteiger partial charge is 0.256 e. The second-order valence-corrected chi connectivity index (χ2v) is 9.38. The summed E-state index contributed by atoms with van der Waals surface area (Å²) in [6.07, 6.45) is 7.38. The van der Waals surface area contributed by atoms with Gasteiger partial charge in [-0.25, -0.2) is 13.1 Å². The molecule has 0 aliphatic heterocycles. The third kappa shape index (κ3) is 4.53. The van der Waals surface area contributed by atoms with Gasteiger partial charge in [-0.15, -0.1) is 0 Å². The molecule has 0 unspecified atom stereocenters. The quantitative estimate of drug-likeness (QED) is 0.737. The molecular formula is C21H30N4O3S. The summed E-state index contributed by atoms with van der Waals surface area (Å²) in [6, 6.07) is 6.90. The fourth-order valence-corrected chi connectivity index (χ4v) is 5.65. The van der Waals surface area contributed by atoms with Gasteiger partial charge in [0.05, 0.1) is 17.1 Å².